The summed E-state index contributed by atoms with van der Waals surface area (Å²) in [6.45, 7) is 0.141. The van der Waals surface area contributed by atoms with Crippen LogP contribution in [0.3, 0.4) is 0 Å². The Morgan fingerprint density at radius 3 is 2.48 bits per heavy atom. The van der Waals surface area contributed by atoms with Crippen LogP contribution in [0.5, 0.6) is 5.75 Å². The fourth-order valence-corrected chi connectivity index (χ4v) is 2.05. The van der Waals surface area contributed by atoms with Gasteiger partial charge in [0.2, 0.25) is 0 Å². The number of rotatable bonds is 5. The minimum Gasteiger partial charge on any atom is -0.486 e. The van der Waals surface area contributed by atoms with E-state index in [1.807, 2.05) is 0 Å². The van der Waals surface area contributed by atoms with Crippen molar-refractivity contribution in [2.75, 3.05) is 0 Å². The minimum atomic E-state index is -0.983. The van der Waals surface area contributed by atoms with Crippen LogP contribution in [0.1, 0.15) is 16.2 Å². The zero-order chi connectivity index (χ0) is 16.2. The molecule has 0 saturated carbocycles. The van der Waals surface area contributed by atoms with Crippen LogP contribution >= 0.6 is 11.6 Å². The summed E-state index contributed by atoms with van der Waals surface area (Å²) in [5.74, 6) is 0.0542. The normalized spacial score (nSPS) is 10.5. The van der Waals surface area contributed by atoms with Gasteiger partial charge in [-0.25, -0.2) is 4.79 Å². The van der Waals surface area contributed by atoms with Crippen molar-refractivity contribution in [2.45, 2.75) is 6.61 Å². The van der Waals surface area contributed by atoms with E-state index in [0.717, 1.165) is 5.69 Å². The Kier molecular flexibility index (Phi) is 4.20. The third-order valence-corrected chi connectivity index (χ3v) is 3.33. The van der Waals surface area contributed by atoms with Crippen molar-refractivity contribution >= 4 is 17.6 Å². The lowest BCUT2D eigenvalue weighted by Crippen LogP contribution is -2.07. The van der Waals surface area contributed by atoms with Crippen LogP contribution in [-0.4, -0.2) is 31.3 Å². The smallest absolute Gasteiger partial charge is 0.335 e. The first-order chi connectivity index (χ1) is 11.1. The van der Waals surface area contributed by atoms with Crippen LogP contribution in [-0.2, 0) is 6.61 Å². The van der Waals surface area contributed by atoms with Gasteiger partial charge in [-0.15, -0.1) is 5.10 Å². The highest BCUT2D eigenvalue weighted by Crippen LogP contribution is 2.16. The molecule has 8 heteroatoms. The highest BCUT2D eigenvalue weighted by atomic mass is 35.5. The summed E-state index contributed by atoms with van der Waals surface area (Å²) in [7, 11) is 0. The van der Waals surface area contributed by atoms with E-state index in [1.54, 1.807) is 41.1 Å². The van der Waals surface area contributed by atoms with E-state index in [-0.39, 0.29) is 12.2 Å². The molecule has 0 radical (unpaired) electrons. The van der Waals surface area contributed by atoms with Crippen molar-refractivity contribution in [1.29, 1.82) is 0 Å². The number of carboxylic acids is 1. The van der Waals surface area contributed by atoms with Crippen molar-refractivity contribution < 1.29 is 14.6 Å². The number of aromatic nitrogens is 4. The first kappa shape index (κ1) is 15.0. The van der Waals surface area contributed by atoms with Gasteiger partial charge in [0.05, 0.1) is 11.3 Å². The van der Waals surface area contributed by atoms with Crippen molar-refractivity contribution in [2.24, 2.45) is 0 Å². The second-order valence-corrected chi connectivity index (χ2v) is 5.04. The number of tetrazole rings is 1. The van der Waals surface area contributed by atoms with Crippen LogP contribution in [0.15, 0.2) is 48.5 Å². The van der Waals surface area contributed by atoms with Gasteiger partial charge < -0.3 is 9.84 Å². The van der Waals surface area contributed by atoms with Gasteiger partial charge in [0.25, 0.3) is 0 Å². The molecule has 1 aromatic heterocycles. The quantitative estimate of drug-likeness (QED) is 0.773. The third kappa shape index (κ3) is 3.46. The molecule has 0 atom stereocenters. The van der Waals surface area contributed by atoms with E-state index in [1.165, 1.54) is 12.1 Å². The topological polar surface area (TPSA) is 90.1 Å². The van der Waals surface area contributed by atoms with E-state index in [0.29, 0.717) is 16.6 Å². The number of halogens is 1. The number of hydrogen-bond acceptors (Lipinski definition) is 5. The maximum Gasteiger partial charge on any atom is 0.335 e. The Hall–Kier alpha value is -2.93. The fraction of sp³-hybridized carbons (Fsp3) is 0.0667. The van der Waals surface area contributed by atoms with E-state index in [4.69, 9.17) is 21.4 Å². The molecule has 0 aliphatic rings. The van der Waals surface area contributed by atoms with Crippen molar-refractivity contribution in [3.05, 3.63) is 64.9 Å². The van der Waals surface area contributed by atoms with Crippen molar-refractivity contribution in [3.63, 3.8) is 0 Å². The monoisotopic (exact) mass is 330 g/mol. The number of carboxylic acid groups (broad SMARTS) is 1. The molecule has 0 aliphatic heterocycles. The van der Waals surface area contributed by atoms with Crippen LogP contribution in [0, 0.1) is 0 Å². The zero-order valence-electron chi connectivity index (χ0n) is 11.8. The van der Waals surface area contributed by atoms with Gasteiger partial charge in [0.1, 0.15) is 12.4 Å². The van der Waals surface area contributed by atoms with Gasteiger partial charge in [-0.3, -0.25) is 0 Å². The Balaban J connectivity index is 1.73. The zero-order valence-corrected chi connectivity index (χ0v) is 12.5. The molecular formula is C15H11ClN4O3. The Bertz CT molecular complexity index is 815. The Morgan fingerprint density at radius 2 is 1.83 bits per heavy atom. The molecule has 0 amide bonds. The first-order valence-corrected chi connectivity index (χ1v) is 7.00. The fourth-order valence-electron chi connectivity index (χ4n) is 1.92. The Morgan fingerprint density at radius 1 is 1.13 bits per heavy atom. The SMILES string of the molecule is O=C(O)c1ccc(OCc2nnnn2-c2ccc(Cl)cc2)cc1. The van der Waals surface area contributed by atoms with E-state index in [2.05, 4.69) is 15.5 Å². The molecule has 2 aromatic carbocycles. The van der Waals surface area contributed by atoms with Gasteiger partial charge in [-0.2, -0.15) is 4.68 Å². The number of aromatic carboxylic acids is 1. The van der Waals surface area contributed by atoms with Gasteiger partial charge in [-0.1, -0.05) is 11.6 Å². The van der Waals surface area contributed by atoms with E-state index >= 15 is 0 Å². The summed E-state index contributed by atoms with van der Waals surface area (Å²) in [6.07, 6.45) is 0. The largest absolute Gasteiger partial charge is 0.486 e. The van der Waals surface area contributed by atoms with Crippen molar-refractivity contribution in [1.82, 2.24) is 20.2 Å². The second kappa shape index (κ2) is 6.45. The van der Waals surface area contributed by atoms with Gasteiger partial charge in [0, 0.05) is 5.02 Å². The maximum atomic E-state index is 10.8. The lowest BCUT2D eigenvalue weighted by molar-refractivity contribution is 0.0697. The molecule has 1 N–H and O–H groups in total. The van der Waals surface area contributed by atoms with Crippen LogP contribution < -0.4 is 4.74 Å². The molecule has 116 valence electrons. The third-order valence-electron chi connectivity index (χ3n) is 3.07. The number of carbonyl (C=O) groups is 1. The van der Waals surface area contributed by atoms with E-state index < -0.39 is 5.97 Å². The predicted octanol–water partition coefficient (Wildman–Crippen LogP) is 2.59. The Labute approximate surface area is 136 Å². The molecule has 0 saturated heterocycles. The molecule has 0 spiro atoms. The summed E-state index contributed by atoms with van der Waals surface area (Å²) in [6, 6.07) is 13.2. The molecule has 0 fully saturated rings. The predicted molar refractivity (Wildman–Crippen MR) is 81.9 cm³/mol. The maximum absolute atomic E-state index is 10.8. The summed E-state index contributed by atoms with van der Waals surface area (Å²) in [4.78, 5) is 10.8. The second-order valence-electron chi connectivity index (χ2n) is 4.60. The van der Waals surface area contributed by atoms with Gasteiger partial charge in [0.15, 0.2) is 5.82 Å². The number of benzene rings is 2. The molecule has 23 heavy (non-hydrogen) atoms. The highest BCUT2D eigenvalue weighted by Gasteiger charge is 2.09. The van der Waals surface area contributed by atoms with Crippen LogP contribution in [0.4, 0.5) is 0 Å². The van der Waals surface area contributed by atoms with Crippen LogP contribution in [0.25, 0.3) is 5.69 Å². The molecular weight excluding hydrogens is 320 g/mol. The standard InChI is InChI=1S/C15H11ClN4O3/c16-11-3-5-12(6-4-11)20-14(17-18-19-20)9-23-13-7-1-10(2-8-13)15(21)22/h1-8H,9H2,(H,21,22). The molecule has 1 heterocycles. The molecule has 3 aromatic rings. The van der Waals surface area contributed by atoms with Gasteiger partial charge in [-0.05, 0) is 59.0 Å². The molecule has 0 bridgehead atoms. The molecule has 0 aliphatic carbocycles. The average Bonchev–Trinajstić information content (AvgIpc) is 3.02. The summed E-state index contributed by atoms with van der Waals surface area (Å²) in [5, 5.41) is 21.0. The van der Waals surface area contributed by atoms with Crippen molar-refractivity contribution in [3.8, 4) is 11.4 Å². The lowest BCUT2D eigenvalue weighted by atomic mass is 10.2. The van der Waals surface area contributed by atoms with Crippen LogP contribution in [0.2, 0.25) is 5.02 Å². The molecule has 3 rings (SSSR count). The number of ether oxygens (including phenoxy) is 1. The summed E-state index contributed by atoms with van der Waals surface area (Å²) in [5.41, 5.74) is 0.961. The minimum absolute atomic E-state index is 0.141. The summed E-state index contributed by atoms with van der Waals surface area (Å²) < 4.78 is 7.13. The molecule has 0 unspecified atom stereocenters. The lowest BCUT2D eigenvalue weighted by Gasteiger charge is -2.07. The number of nitrogens with zero attached hydrogens (tertiary/aromatic N) is 4. The average molecular weight is 331 g/mol. The highest BCUT2D eigenvalue weighted by molar-refractivity contribution is 6.30. The summed E-state index contributed by atoms with van der Waals surface area (Å²) >= 11 is 5.86. The first-order valence-electron chi connectivity index (χ1n) is 6.63. The van der Waals surface area contributed by atoms with E-state index in [9.17, 15) is 4.79 Å². The molecule has 7 nitrogen and oxygen atoms in total. The number of hydrogen-bond donors (Lipinski definition) is 1. The van der Waals surface area contributed by atoms with Gasteiger partial charge >= 0.3 is 5.97 Å².